The standard InChI is InChI=1S/C18H15ClN2O4S/c1-11-7-8-12(21(2)23)9-17(11)26(24,25)20-16-10-15(19)18(22)14-6-4-3-5-13(14)16/h3-10,20H,1-2H3/p+1. The quantitative estimate of drug-likeness (QED) is 0.511. The second-order valence-electron chi connectivity index (χ2n) is 5.85. The van der Waals surface area contributed by atoms with E-state index in [4.69, 9.17) is 11.6 Å². The zero-order valence-corrected chi connectivity index (χ0v) is 15.6. The SMILES string of the molecule is Cc1ccc([N+](C)=O)cc1S(=O)(=O)Nc1cc(Cl)c(O)c2ccccc12. The van der Waals surface area contributed by atoms with E-state index in [2.05, 4.69) is 4.72 Å². The molecule has 0 aliphatic heterocycles. The molecular formula is C18H16ClN2O4S+. The van der Waals surface area contributed by atoms with Gasteiger partial charge in [-0.2, -0.15) is 0 Å². The number of fused-ring (bicyclic) bond motifs is 1. The molecule has 3 aromatic carbocycles. The fourth-order valence-corrected chi connectivity index (χ4v) is 4.23. The van der Waals surface area contributed by atoms with Gasteiger partial charge < -0.3 is 5.11 Å². The minimum atomic E-state index is -3.98. The second kappa shape index (κ2) is 6.59. The van der Waals surface area contributed by atoms with E-state index in [9.17, 15) is 18.4 Å². The second-order valence-corrected chi connectivity index (χ2v) is 7.91. The predicted molar refractivity (Wildman–Crippen MR) is 102 cm³/mol. The average Bonchev–Trinajstić information content (AvgIpc) is 2.59. The summed E-state index contributed by atoms with van der Waals surface area (Å²) in [5, 5.41) is 11.1. The third kappa shape index (κ3) is 3.23. The first kappa shape index (κ1) is 18.2. The molecule has 8 heteroatoms. The third-order valence-corrected chi connectivity index (χ3v) is 5.83. The van der Waals surface area contributed by atoms with Crippen molar-refractivity contribution in [1.29, 1.82) is 0 Å². The summed E-state index contributed by atoms with van der Waals surface area (Å²) in [6.45, 7) is 1.64. The van der Waals surface area contributed by atoms with Gasteiger partial charge in [0.15, 0.2) is 7.05 Å². The van der Waals surface area contributed by atoms with Gasteiger partial charge in [-0.25, -0.2) is 8.42 Å². The largest absolute Gasteiger partial charge is 0.506 e. The highest BCUT2D eigenvalue weighted by molar-refractivity contribution is 7.92. The molecule has 26 heavy (non-hydrogen) atoms. The number of aryl methyl sites for hydroxylation is 1. The number of nitroso groups, excluding NO2 is 1. The summed E-state index contributed by atoms with van der Waals surface area (Å²) in [5.74, 6) is -0.114. The molecule has 0 heterocycles. The molecule has 0 saturated heterocycles. The van der Waals surface area contributed by atoms with Gasteiger partial charge in [0.05, 0.1) is 15.6 Å². The Morgan fingerprint density at radius 2 is 1.73 bits per heavy atom. The Labute approximate surface area is 155 Å². The number of anilines is 1. The maximum Gasteiger partial charge on any atom is 0.262 e. The van der Waals surface area contributed by atoms with Crippen LogP contribution in [0.25, 0.3) is 10.8 Å². The van der Waals surface area contributed by atoms with Gasteiger partial charge >= 0.3 is 0 Å². The molecule has 134 valence electrons. The normalized spacial score (nSPS) is 11.5. The van der Waals surface area contributed by atoms with Gasteiger partial charge in [0.1, 0.15) is 5.75 Å². The van der Waals surface area contributed by atoms with Gasteiger partial charge in [-0.05, 0) is 18.6 Å². The molecule has 0 spiro atoms. The van der Waals surface area contributed by atoms with Gasteiger partial charge in [-0.15, -0.1) is 0 Å². The Hall–Kier alpha value is -2.64. The van der Waals surface area contributed by atoms with Crippen LogP contribution in [0.15, 0.2) is 53.4 Å². The lowest BCUT2D eigenvalue weighted by Crippen LogP contribution is -2.15. The first-order valence-electron chi connectivity index (χ1n) is 7.65. The molecular weight excluding hydrogens is 376 g/mol. The molecule has 0 aromatic heterocycles. The van der Waals surface area contributed by atoms with Crippen LogP contribution in [-0.2, 0) is 10.0 Å². The summed E-state index contributed by atoms with van der Waals surface area (Å²) in [6.07, 6.45) is 0. The summed E-state index contributed by atoms with van der Waals surface area (Å²) >= 11 is 6.03. The van der Waals surface area contributed by atoms with Crippen LogP contribution in [0.1, 0.15) is 5.56 Å². The Kier molecular flexibility index (Phi) is 4.60. The Balaban J connectivity index is 2.15. The van der Waals surface area contributed by atoms with Crippen LogP contribution in [-0.4, -0.2) is 25.3 Å². The number of sulfonamides is 1. The Morgan fingerprint density at radius 1 is 1.08 bits per heavy atom. The van der Waals surface area contributed by atoms with Gasteiger partial charge in [0.25, 0.3) is 15.7 Å². The number of aromatic hydroxyl groups is 1. The van der Waals surface area contributed by atoms with E-state index in [1.54, 1.807) is 43.3 Å². The first-order chi connectivity index (χ1) is 12.2. The lowest BCUT2D eigenvalue weighted by atomic mass is 10.1. The van der Waals surface area contributed by atoms with E-state index in [-0.39, 0.29) is 27.0 Å². The molecule has 0 amide bonds. The third-order valence-electron chi connectivity index (χ3n) is 4.04. The number of phenolic OH excluding ortho intramolecular Hbond substituents is 1. The van der Waals surface area contributed by atoms with Crippen LogP contribution in [0.4, 0.5) is 11.4 Å². The molecule has 6 nitrogen and oxygen atoms in total. The lowest BCUT2D eigenvalue weighted by molar-refractivity contribution is -0.428. The number of nitrogens with one attached hydrogen (secondary N) is 1. The van der Waals surface area contributed by atoms with E-state index in [1.807, 2.05) is 0 Å². The Bertz CT molecular complexity index is 1140. The van der Waals surface area contributed by atoms with Crippen LogP contribution in [0, 0.1) is 11.8 Å². The van der Waals surface area contributed by atoms with Crippen molar-refractivity contribution in [3.8, 4) is 5.75 Å². The van der Waals surface area contributed by atoms with E-state index >= 15 is 0 Å². The molecule has 0 atom stereocenters. The van der Waals surface area contributed by atoms with Gasteiger partial charge in [0, 0.05) is 32.6 Å². The highest BCUT2D eigenvalue weighted by Gasteiger charge is 2.22. The fraction of sp³-hybridized carbons (Fsp3) is 0.111. The number of benzene rings is 3. The monoisotopic (exact) mass is 391 g/mol. The first-order valence-corrected chi connectivity index (χ1v) is 9.51. The van der Waals surface area contributed by atoms with Gasteiger partial charge in [0.2, 0.25) is 0 Å². The number of halogens is 1. The molecule has 0 aliphatic rings. The number of nitrogens with zero attached hydrogens (tertiary/aromatic N) is 1. The van der Waals surface area contributed by atoms with Crippen molar-refractivity contribution in [3.05, 3.63) is 64.0 Å². The van der Waals surface area contributed by atoms with Crippen LogP contribution in [0.3, 0.4) is 0 Å². The molecule has 0 aliphatic carbocycles. The fourth-order valence-electron chi connectivity index (χ4n) is 2.68. The molecule has 0 fully saturated rings. The molecule has 0 unspecified atom stereocenters. The predicted octanol–water partition coefficient (Wildman–Crippen LogP) is 4.35. The molecule has 0 bridgehead atoms. The molecule has 2 N–H and O–H groups in total. The van der Waals surface area contributed by atoms with Crippen molar-refractivity contribution in [2.75, 3.05) is 11.8 Å². The minimum Gasteiger partial charge on any atom is -0.506 e. The topological polar surface area (TPSA) is 86.5 Å². The summed E-state index contributed by atoms with van der Waals surface area (Å²) < 4.78 is 28.9. The van der Waals surface area contributed by atoms with Crippen molar-refractivity contribution in [2.24, 2.45) is 0 Å². The molecule has 0 radical (unpaired) electrons. The maximum atomic E-state index is 12.9. The minimum absolute atomic E-state index is 0.00835. The Morgan fingerprint density at radius 3 is 2.38 bits per heavy atom. The van der Waals surface area contributed by atoms with Crippen LogP contribution >= 0.6 is 11.6 Å². The zero-order chi connectivity index (χ0) is 19.1. The van der Waals surface area contributed by atoms with Crippen molar-refractivity contribution in [1.82, 2.24) is 0 Å². The van der Waals surface area contributed by atoms with Crippen LogP contribution < -0.4 is 4.72 Å². The molecule has 3 rings (SSSR count). The van der Waals surface area contributed by atoms with Crippen molar-refractivity contribution >= 4 is 43.8 Å². The highest BCUT2D eigenvalue weighted by atomic mass is 35.5. The van der Waals surface area contributed by atoms with E-state index in [0.29, 0.717) is 21.1 Å². The number of rotatable bonds is 4. The van der Waals surface area contributed by atoms with E-state index < -0.39 is 10.0 Å². The lowest BCUT2D eigenvalue weighted by Gasteiger charge is -2.14. The number of hydrogen-bond donors (Lipinski definition) is 2. The summed E-state index contributed by atoms with van der Waals surface area (Å²) in [5.41, 5.74) is 0.963. The molecule has 0 saturated carbocycles. The smallest absolute Gasteiger partial charge is 0.262 e. The van der Waals surface area contributed by atoms with Crippen molar-refractivity contribution < 1.29 is 18.3 Å². The average molecular weight is 392 g/mol. The van der Waals surface area contributed by atoms with Gasteiger partial charge in [-0.1, -0.05) is 41.9 Å². The van der Waals surface area contributed by atoms with E-state index in [1.165, 1.54) is 19.2 Å². The summed E-state index contributed by atoms with van der Waals surface area (Å²) in [4.78, 5) is 11.5. The van der Waals surface area contributed by atoms with Crippen molar-refractivity contribution in [2.45, 2.75) is 11.8 Å². The van der Waals surface area contributed by atoms with Crippen molar-refractivity contribution in [3.63, 3.8) is 0 Å². The van der Waals surface area contributed by atoms with Crippen LogP contribution in [0.2, 0.25) is 5.02 Å². The molecule has 3 aromatic rings. The summed E-state index contributed by atoms with van der Waals surface area (Å²) in [6, 6.07) is 12.6. The maximum absolute atomic E-state index is 12.9. The summed E-state index contributed by atoms with van der Waals surface area (Å²) in [7, 11) is -2.68. The number of phenols is 1. The van der Waals surface area contributed by atoms with Crippen LogP contribution in [0.5, 0.6) is 5.75 Å². The zero-order valence-electron chi connectivity index (χ0n) is 14.0. The van der Waals surface area contributed by atoms with Gasteiger partial charge in [-0.3, -0.25) is 4.72 Å². The number of hydrogen-bond acceptors (Lipinski definition) is 4. The highest BCUT2D eigenvalue weighted by Crippen LogP contribution is 2.38. The van der Waals surface area contributed by atoms with E-state index in [0.717, 1.165) is 0 Å².